The van der Waals surface area contributed by atoms with E-state index in [1.165, 1.54) is 23.5 Å². The second-order valence-electron chi connectivity index (χ2n) is 5.12. The molecule has 1 amide bonds. The number of nitrogens with one attached hydrogen (secondary N) is 1. The van der Waals surface area contributed by atoms with E-state index in [4.69, 9.17) is 16.3 Å². The number of hydrogen-bond acceptors (Lipinski definition) is 3. The number of benzene rings is 2. The van der Waals surface area contributed by atoms with Crippen molar-refractivity contribution in [3.63, 3.8) is 0 Å². The Morgan fingerprint density at radius 3 is 2.80 bits per heavy atom. The van der Waals surface area contributed by atoms with Crippen molar-refractivity contribution >= 4 is 50.5 Å². The van der Waals surface area contributed by atoms with Crippen LogP contribution < -0.4 is 10.1 Å². The minimum absolute atomic E-state index is 0.135. The summed E-state index contributed by atoms with van der Waals surface area (Å²) in [6, 6.07) is 13.4. The summed E-state index contributed by atoms with van der Waals surface area (Å²) < 4.78 is 20.1. The molecule has 25 heavy (non-hydrogen) atoms. The summed E-state index contributed by atoms with van der Waals surface area (Å²) in [5.41, 5.74) is 0.974. The number of hydrogen-bond donors (Lipinski definition) is 1. The fourth-order valence-corrected chi connectivity index (χ4v) is 3.38. The van der Waals surface area contributed by atoms with Gasteiger partial charge in [0.25, 0.3) is 5.91 Å². The Morgan fingerprint density at radius 2 is 2.04 bits per heavy atom. The SMILES string of the molecule is O=C(Nc1ccc(Br)cc1F)c1cc(COc2ccccc2Cl)cs1. The van der Waals surface area contributed by atoms with Crippen molar-refractivity contribution in [2.75, 3.05) is 5.32 Å². The molecule has 0 atom stereocenters. The molecule has 7 heteroatoms. The number of ether oxygens (including phenoxy) is 1. The highest BCUT2D eigenvalue weighted by Gasteiger charge is 2.12. The molecule has 0 unspecified atom stereocenters. The standard InChI is InChI=1S/C18H12BrClFNO2S/c19-12-5-6-15(14(21)8-12)22-18(23)17-7-11(10-25-17)9-24-16-4-2-1-3-13(16)20/h1-8,10H,9H2,(H,22,23). The number of anilines is 1. The van der Waals surface area contributed by atoms with Crippen LogP contribution >= 0.6 is 38.9 Å². The summed E-state index contributed by atoms with van der Waals surface area (Å²) in [5.74, 6) is -0.282. The molecule has 3 aromatic rings. The molecule has 0 spiro atoms. The lowest BCUT2D eigenvalue weighted by atomic mass is 10.3. The van der Waals surface area contributed by atoms with Crippen LogP contribution in [0, 0.1) is 5.82 Å². The average molecular weight is 441 g/mol. The summed E-state index contributed by atoms with van der Waals surface area (Å²) in [4.78, 5) is 12.7. The molecule has 2 aromatic carbocycles. The van der Waals surface area contributed by atoms with E-state index in [1.807, 2.05) is 17.5 Å². The van der Waals surface area contributed by atoms with Crippen molar-refractivity contribution < 1.29 is 13.9 Å². The third-order valence-electron chi connectivity index (χ3n) is 3.29. The van der Waals surface area contributed by atoms with Gasteiger partial charge in [0, 0.05) is 10.0 Å². The molecule has 3 rings (SSSR count). The van der Waals surface area contributed by atoms with E-state index in [9.17, 15) is 9.18 Å². The van der Waals surface area contributed by atoms with E-state index in [0.717, 1.165) is 5.56 Å². The van der Waals surface area contributed by atoms with Crippen LogP contribution in [-0.4, -0.2) is 5.91 Å². The van der Waals surface area contributed by atoms with E-state index in [-0.39, 0.29) is 11.6 Å². The molecule has 128 valence electrons. The van der Waals surface area contributed by atoms with Gasteiger partial charge in [-0.15, -0.1) is 11.3 Å². The van der Waals surface area contributed by atoms with E-state index in [2.05, 4.69) is 21.2 Å². The maximum absolute atomic E-state index is 13.8. The van der Waals surface area contributed by atoms with Crippen LogP contribution in [0.1, 0.15) is 15.2 Å². The van der Waals surface area contributed by atoms with Crippen LogP contribution in [-0.2, 0) is 6.61 Å². The van der Waals surface area contributed by atoms with Gasteiger partial charge in [0.05, 0.1) is 15.6 Å². The first-order valence-electron chi connectivity index (χ1n) is 7.24. The number of carbonyl (C=O) groups excluding carboxylic acids is 1. The van der Waals surface area contributed by atoms with Gasteiger partial charge in [-0.05, 0) is 41.8 Å². The minimum atomic E-state index is -0.499. The highest BCUT2D eigenvalue weighted by atomic mass is 79.9. The van der Waals surface area contributed by atoms with Crippen molar-refractivity contribution in [1.82, 2.24) is 0 Å². The van der Waals surface area contributed by atoms with Crippen molar-refractivity contribution in [1.29, 1.82) is 0 Å². The number of para-hydroxylation sites is 1. The zero-order chi connectivity index (χ0) is 17.8. The molecule has 1 aromatic heterocycles. The van der Waals surface area contributed by atoms with Crippen molar-refractivity contribution in [3.05, 3.63) is 79.7 Å². The summed E-state index contributed by atoms with van der Waals surface area (Å²) in [6.07, 6.45) is 0. The predicted octanol–water partition coefficient (Wildman–Crippen LogP) is 6.13. The first-order valence-corrected chi connectivity index (χ1v) is 9.29. The predicted molar refractivity (Wildman–Crippen MR) is 102 cm³/mol. The number of rotatable bonds is 5. The highest BCUT2D eigenvalue weighted by molar-refractivity contribution is 9.10. The highest BCUT2D eigenvalue weighted by Crippen LogP contribution is 2.26. The van der Waals surface area contributed by atoms with Gasteiger partial charge in [-0.1, -0.05) is 39.7 Å². The molecule has 0 saturated carbocycles. The second-order valence-corrected chi connectivity index (χ2v) is 7.35. The lowest BCUT2D eigenvalue weighted by Gasteiger charge is -2.06. The summed E-state index contributed by atoms with van der Waals surface area (Å²) >= 11 is 10.5. The molecule has 0 aliphatic carbocycles. The van der Waals surface area contributed by atoms with Crippen LogP contribution in [0.15, 0.2) is 58.4 Å². The smallest absolute Gasteiger partial charge is 0.265 e. The molecular formula is C18H12BrClFNO2S. The largest absolute Gasteiger partial charge is 0.487 e. The van der Waals surface area contributed by atoms with Gasteiger partial charge >= 0.3 is 0 Å². The second kappa shape index (κ2) is 7.99. The molecule has 0 saturated heterocycles. The maximum atomic E-state index is 13.8. The third-order valence-corrected chi connectivity index (χ3v) is 5.07. The van der Waals surface area contributed by atoms with Crippen LogP contribution in [0.4, 0.5) is 10.1 Å². The Labute approximate surface area is 161 Å². The van der Waals surface area contributed by atoms with Crippen molar-refractivity contribution in [3.8, 4) is 5.75 Å². The Morgan fingerprint density at radius 1 is 1.24 bits per heavy atom. The average Bonchev–Trinajstić information content (AvgIpc) is 3.06. The summed E-state index contributed by atoms with van der Waals surface area (Å²) in [5, 5.41) is 4.92. The molecule has 0 fully saturated rings. The fourth-order valence-electron chi connectivity index (χ4n) is 2.07. The quantitative estimate of drug-likeness (QED) is 0.518. The Kier molecular flexibility index (Phi) is 5.73. The van der Waals surface area contributed by atoms with E-state index in [1.54, 1.807) is 24.3 Å². The minimum Gasteiger partial charge on any atom is -0.487 e. The van der Waals surface area contributed by atoms with E-state index in [0.29, 0.717) is 26.7 Å². The summed E-state index contributed by atoms with van der Waals surface area (Å²) in [6.45, 7) is 0.292. The third kappa shape index (κ3) is 4.60. The van der Waals surface area contributed by atoms with Gasteiger partial charge in [0.2, 0.25) is 0 Å². The number of carbonyl (C=O) groups is 1. The number of amides is 1. The molecule has 0 aliphatic heterocycles. The van der Waals surface area contributed by atoms with Gasteiger partial charge in [0.15, 0.2) is 0 Å². The van der Waals surface area contributed by atoms with Gasteiger partial charge in [-0.2, -0.15) is 0 Å². The van der Waals surface area contributed by atoms with E-state index < -0.39 is 5.82 Å². The van der Waals surface area contributed by atoms with Crippen LogP contribution in [0.3, 0.4) is 0 Å². The zero-order valence-electron chi connectivity index (χ0n) is 12.8. The Balaban J connectivity index is 1.64. The maximum Gasteiger partial charge on any atom is 0.265 e. The molecular weight excluding hydrogens is 429 g/mol. The first kappa shape index (κ1) is 17.9. The molecule has 0 aliphatic rings. The van der Waals surface area contributed by atoms with Gasteiger partial charge in [0.1, 0.15) is 18.2 Å². The van der Waals surface area contributed by atoms with Crippen LogP contribution in [0.25, 0.3) is 0 Å². The first-order chi connectivity index (χ1) is 12.0. The number of halogens is 3. The molecule has 1 heterocycles. The normalized spacial score (nSPS) is 10.5. The molecule has 0 bridgehead atoms. The van der Waals surface area contributed by atoms with Crippen LogP contribution in [0.5, 0.6) is 5.75 Å². The topological polar surface area (TPSA) is 38.3 Å². The Hall–Kier alpha value is -1.89. The molecule has 0 radical (unpaired) electrons. The van der Waals surface area contributed by atoms with Crippen molar-refractivity contribution in [2.45, 2.75) is 6.61 Å². The number of thiophene rings is 1. The lowest BCUT2D eigenvalue weighted by molar-refractivity contribution is 0.103. The zero-order valence-corrected chi connectivity index (χ0v) is 15.9. The summed E-state index contributed by atoms with van der Waals surface area (Å²) in [7, 11) is 0. The van der Waals surface area contributed by atoms with Crippen LogP contribution in [0.2, 0.25) is 5.02 Å². The van der Waals surface area contributed by atoms with Crippen molar-refractivity contribution in [2.24, 2.45) is 0 Å². The lowest BCUT2D eigenvalue weighted by Crippen LogP contribution is -2.11. The monoisotopic (exact) mass is 439 g/mol. The molecule has 1 N–H and O–H groups in total. The van der Waals surface area contributed by atoms with Gasteiger partial charge < -0.3 is 10.1 Å². The Bertz CT molecular complexity index is 916. The van der Waals surface area contributed by atoms with E-state index >= 15 is 0 Å². The van der Waals surface area contributed by atoms with Gasteiger partial charge in [-0.25, -0.2) is 4.39 Å². The fraction of sp³-hybridized carbons (Fsp3) is 0.0556. The van der Waals surface area contributed by atoms with Gasteiger partial charge in [-0.3, -0.25) is 4.79 Å². The molecule has 3 nitrogen and oxygen atoms in total.